The van der Waals surface area contributed by atoms with Gasteiger partial charge in [0.2, 0.25) is 0 Å². The van der Waals surface area contributed by atoms with E-state index in [0.29, 0.717) is 5.56 Å². The molecule has 0 saturated carbocycles. The van der Waals surface area contributed by atoms with E-state index in [1.807, 2.05) is 6.07 Å². The lowest BCUT2D eigenvalue weighted by atomic mass is 10.1. The van der Waals surface area contributed by atoms with Crippen LogP contribution in [-0.2, 0) is 0 Å². The smallest absolute Gasteiger partial charge is 0.339 e. The number of ether oxygens (including phenoxy) is 1. The Balaban J connectivity index is 2.43. The molecule has 6 heteroatoms. The minimum atomic E-state index is -1.10. The van der Waals surface area contributed by atoms with E-state index < -0.39 is 5.97 Å². The molecule has 19 heavy (non-hydrogen) atoms. The van der Waals surface area contributed by atoms with Crippen LogP contribution in [0.4, 0.5) is 0 Å². The number of carboxylic acids is 1. The Kier molecular flexibility index (Phi) is 3.39. The number of carbonyl (C=O) groups is 1. The monoisotopic (exact) mass is 255 g/mol. The summed E-state index contributed by atoms with van der Waals surface area (Å²) in [5.74, 6) is -0.930. The molecule has 0 aliphatic heterocycles. The van der Waals surface area contributed by atoms with Gasteiger partial charge in [0.15, 0.2) is 0 Å². The Labute approximate surface area is 108 Å². The molecule has 0 saturated heterocycles. The Morgan fingerprint density at radius 1 is 1.42 bits per heavy atom. The van der Waals surface area contributed by atoms with E-state index in [1.165, 1.54) is 18.3 Å². The van der Waals surface area contributed by atoms with Gasteiger partial charge in [-0.3, -0.25) is 0 Å². The van der Waals surface area contributed by atoms with Crippen molar-refractivity contribution in [3.05, 3.63) is 47.3 Å². The van der Waals surface area contributed by atoms with Gasteiger partial charge in [-0.2, -0.15) is 10.2 Å². The Bertz CT molecular complexity index is 677. The fourth-order valence-electron chi connectivity index (χ4n) is 1.50. The lowest BCUT2D eigenvalue weighted by Gasteiger charge is -2.09. The van der Waals surface area contributed by atoms with Crippen LogP contribution in [0.15, 0.2) is 30.5 Å². The maximum absolute atomic E-state index is 11.1. The number of aromatic nitrogens is 2. The molecule has 1 heterocycles. The van der Waals surface area contributed by atoms with E-state index in [0.717, 1.165) is 0 Å². The molecule has 6 nitrogen and oxygen atoms in total. The summed E-state index contributed by atoms with van der Waals surface area (Å²) < 4.78 is 5.39. The van der Waals surface area contributed by atoms with E-state index in [9.17, 15) is 4.79 Å². The van der Waals surface area contributed by atoms with Crippen molar-refractivity contribution in [1.29, 1.82) is 5.26 Å². The van der Waals surface area contributed by atoms with Crippen molar-refractivity contribution in [2.24, 2.45) is 0 Å². The van der Waals surface area contributed by atoms with Crippen molar-refractivity contribution in [2.45, 2.75) is 6.92 Å². The maximum Gasteiger partial charge on any atom is 0.339 e. The molecule has 1 N–H and O–H groups in total. The lowest BCUT2D eigenvalue weighted by Crippen LogP contribution is -2.03. The highest BCUT2D eigenvalue weighted by Gasteiger charge is 2.15. The van der Waals surface area contributed by atoms with Crippen molar-refractivity contribution in [3.63, 3.8) is 0 Å². The molecule has 0 unspecified atom stereocenters. The second-order valence-electron chi connectivity index (χ2n) is 3.70. The molecule has 0 radical (unpaired) electrons. The SMILES string of the molecule is Cc1cccc(C(=O)O)c1Oc1nccc(C#N)n1. The zero-order chi connectivity index (χ0) is 13.8. The first-order valence-corrected chi connectivity index (χ1v) is 5.35. The molecule has 1 aromatic heterocycles. The quantitative estimate of drug-likeness (QED) is 0.902. The van der Waals surface area contributed by atoms with Gasteiger partial charge in [0.25, 0.3) is 0 Å². The molecule has 0 amide bonds. The van der Waals surface area contributed by atoms with Crippen LogP contribution in [0.5, 0.6) is 11.8 Å². The van der Waals surface area contributed by atoms with E-state index in [2.05, 4.69) is 9.97 Å². The first-order chi connectivity index (χ1) is 9.11. The Morgan fingerprint density at radius 3 is 2.89 bits per heavy atom. The standard InChI is InChI=1S/C13H9N3O3/c1-8-3-2-4-10(12(17)18)11(8)19-13-15-6-5-9(7-14)16-13/h2-6H,1H3,(H,17,18). The van der Waals surface area contributed by atoms with Gasteiger partial charge in [0.1, 0.15) is 23.1 Å². The predicted octanol–water partition coefficient (Wildman–Crippen LogP) is 2.15. The van der Waals surface area contributed by atoms with Gasteiger partial charge in [-0.15, -0.1) is 0 Å². The molecule has 0 fully saturated rings. The number of carboxylic acid groups (broad SMARTS) is 1. The summed E-state index contributed by atoms with van der Waals surface area (Å²) in [7, 11) is 0. The highest BCUT2D eigenvalue weighted by molar-refractivity contribution is 5.91. The Hall–Kier alpha value is -2.94. The number of aromatic carboxylic acids is 1. The maximum atomic E-state index is 11.1. The summed E-state index contributed by atoms with van der Waals surface area (Å²) >= 11 is 0. The molecule has 0 spiro atoms. The van der Waals surface area contributed by atoms with Gasteiger partial charge in [0.05, 0.1) is 0 Å². The average molecular weight is 255 g/mol. The third-order valence-electron chi connectivity index (χ3n) is 2.38. The zero-order valence-electron chi connectivity index (χ0n) is 9.99. The molecule has 94 valence electrons. The molecule has 0 aliphatic rings. The lowest BCUT2D eigenvalue weighted by molar-refractivity contribution is 0.0694. The number of hydrogen-bond acceptors (Lipinski definition) is 5. The molecule has 0 aliphatic carbocycles. The van der Waals surface area contributed by atoms with E-state index in [4.69, 9.17) is 15.1 Å². The summed E-state index contributed by atoms with van der Waals surface area (Å²) in [6, 6.07) is 8.00. The number of rotatable bonds is 3. The van der Waals surface area contributed by atoms with Gasteiger partial charge >= 0.3 is 12.0 Å². The molecule has 1 aromatic carbocycles. The fraction of sp³-hybridized carbons (Fsp3) is 0.0769. The number of nitriles is 1. The van der Waals surface area contributed by atoms with Crippen LogP contribution in [0.1, 0.15) is 21.6 Å². The first kappa shape index (κ1) is 12.5. The van der Waals surface area contributed by atoms with Crippen LogP contribution in [0, 0.1) is 18.3 Å². The van der Waals surface area contributed by atoms with Crippen molar-refractivity contribution in [1.82, 2.24) is 9.97 Å². The van der Waals surface area contributed by atoms with E-state index >= 15 is 0 Å². The second-order valence-corrected chi connectivity index (χ2v) is 3.70. The van der Waals surface area contributed by atoms with Crippen molar-refractivity contribution < 1.29 is 14.6 Å². The van der Waals surface area contributed by atoms with Crippen LogP contribution < -0.4 is 4.74 Å². The fourth-order valence-corrected chi connectivity index (χ4v) is 1.50. The molecule has 2 aromatic rings. The number of benzene rings is 1. The molecular weight excluding hydrogens is 246 g/mol. The summed E-state index contributed by atoms with van der Waals surface area (Å²) in [5.41, 5.74) is 0.812. The van der Waals surface area contributed by atoms with Gasteiger partial charge < -0.3 is 9.84 Å². The van der Waals surface area contributed by atoms with Crippen molar-refractivity contribution in [3.8, 4) is 17.8 Å². The third kappa shape index (κ3) is 2.66. The van der Waals surface area contributed by atoms with E-state index in [-0.39, 0.29) is 23.0 Å². The van der Waals surface area contributed by atoms with Crippen LogP contribution in [-0.4, -0.2) is 21.0 Å². The number of para-hydroxylation sites is 1. The zero-order valence-corrected chi connectivity index (χ0v) is 9.99. The summed E-state index contributed by atoms with van der Waals surface area (Å²) in [5, 5.41) is 17.8. The minimum Gasteiger partial charge on any atom is -0.478 e. The molecular formula is C13H9N3O3. The normalized spacial score (nSPS) is 9.68. The van der Waals surface area contributed by atoms with Gasteiger partial charge in [0, 0.05) is 6.20 Å². The average Bonchev–Trinajstić information content (AvgIpc) is 2.41. The van der Waals surface area contributed by atoms with Crippen molar-refractivity contribution >= 4 is 5.97 Å². The second kappa shape index (κ2) is 5.14. The third-order valence-corrected chi connectivity index (χ3v) is 2.38. The molecule has 0 atom stereocenters. The highest BCUT2D eigenvalue weighted by atomic mass is 16.5. The largest absolute Gasteiger partial charge is 0.478 e. The highest BCUT2D eigenvalue weighted by Crippen LogP contribution is 2.27. The Morgan fingerprint density at radius 2 is 2.21 bits per heavy atom. The molecule has 2 rings (SSSR count). The first-order valence-electron chi connectivity index (χ1n) is 5.35. The number of aryl methyl sites for hydroxylation is 1. The predicted molar refractivity (Wildman–Crippen MR) is 65.0 cm³/mol. The number of nitrogens with zero attached hydrogens (tertiary/aromatic N) is 3. The van der Waals surface area contributed by atoms with Crippen LogP contribution in [0.3, 0.4) is 0 Å². The van der Waals surface area contributed by atoms with Crippen LogP contribution >= 0.6 is 0 Å². The van der Waals surface area contributed by atoms with Gasteiger partial charge in [-0.05, 0) is 24.6 Å². The summed E-state index contributed by atoms with van der Waals surface area (Å²) in [6.07, 6.45) is 1.37. The minimum absolute atomic E-state index is 0.0194. The summed E-state index contributed by atoms with van der Waals surface area (Å²) in [4.78, 5) is 18.8. The summed E-state index contributed by atoms with van der Waals surface area (Å²) in [6.45, 7) is 1.72. The van der Waals surface area contributed by atoms with Gasteiger partial charge in [-0.1, -0.05) is 12.1 Å². The van der Waals surface area contributed by atoms with Crippen LogP contribution in [0.2, 0.25) is 0 Å². The van der Waals surface area contributed by atoms with Crippen LogP contribution in [0.25, 0.3) is 0 Å². The topological polar surface area (TPSA) is 96.1 Å². The number of hydrogen-bond donors (Lipinski definition) is 1. The van der Waals surface area contributed by atoms with Crippen molar-refractivity contribution in [2.75, 3.05) is 0 Å². The van der Waals surface area contributed by atoms with E-state index in [1.54, 1.807) is 19.1 Å². The van der Waals surface area contributed by atoms with Gasteiger partial charge in [-0.25, -0.2) is 9.78 Å². The molecule has 0 bridgehead atoms.